The van der Waals surface area contributed by atoms with E-state index in [1.54, 1.807) is 33.2 Å². The van der Waals surface area contributed by atoms with E-state index >= 15 is 0 Å². The van der Waals surface area contributed by atoms with Gasteiger partial charge in [0.1, 0.15) is 36.9 Å². The summed E-state index contributed by atoms with van der Waals surface area (Å²) in [6, 6.07) is -1.35. The van der Waals surface area contributed by atoms with Crippen LogP contribution in [0, 0.1) is 0 Å². The molecule has 2 aliphatic rings. The lowest BCUT2D eigenvalue weighted by Gasteiger charge is -2.49. The second-order valence-electron chi connectivity index (χ2n) is 7.05. The zero-order valence-corrected chi connectivity index (χ0v) is 17.5. The fourth-order valence-electron chi connectivity index (χ4n) is 3.81. The number of allylic oxidation sites excluding steroid dienone is 1. The van der Waals surface area contributed by atoms with Crippen LogP contribution in [0.3, 0.4) is 0 Å². The van der Waals surface area contributed by atoms with Crippen molar-refractivity contribution in [1.29, 1.82) is 0 Å². The number of hydrogen-bond acceptors (Lipinski definition) is 8. The van der Waals surface area contributed by atoms with Gasteiger partial charge in [-0.15, -0.1) is 11.3 Å². The number of hydrogen-bond donors (Lipinski definition) is 3. The van der Waals surface area contributed by atoms with Crippen LogP contribution >= 0.6 is 11.3 Å². The van der Waals surface area contributed by atoms with E-state index in [0.29, 0.717) is 18.5 Å². The summed E-state index contributed by atoms with van der Waals surface area (Å²) in [6.07, 6.45) is 6.16. The van der Waals surface area contributed by atoms with Gasteiger partial charge >= 0.3 is 5.97 Å². The highest BCUT2D eigenvalue weighted by Gasteiger charge is 2.54. The Morgan fingerprint density at radius 3 is 2.84 bits per heavy atom. The summed E-state index contributed by atoms with van der Waals surface area (Å²) in [7, 11) is 3.10. The van der Waals surface area contributed by atoms with Gasteiger partial charge in [-0.3, -0.25) is 14.5 Å². The van der Waals surface area contributed by atoms with Crippen LogP contribution in [0.1, 0.15) is 18.5 Å². The standard InChI is InChI=1S/C18H19N7O5S/c1-23-5-6-24(8-23)11-4-3-10-13(16(27)25(10)14(11)17(28)29)21-15(26)12(22-30-2)9-7-31-18(19)20-9/h5-8,10,13H,3-4H2,1-2H3,(H3-,19,20,21,26,28,29)/p+1/t10?,13-/m0/s1. The monoisotopic (exact) mass is 446 g/mol. The number of aromatic nitrogens is 3. The summed E-state index contributed by atoms with van der Waals surface area (Å²) in [5, 5.41) is 17.9. The van der Waals surface area contributed by atoms with Gasteiger partial charge < -0.3 is 21.0 Å². The van der Waals surface area contributed by atoms with Crippen LogP contribution in [-0.4, -0.2) is 62.2 Å². The molecule has 12 nitrogen and oxygen atoms in total. The maximum atomic E-state index is 12.8. The van der Waals surface area contributed by atoms with Gasteiger partial charge in [0.15, 0.2) is 16.5 Å². The highest BCUT2D eigenvalue weighted by Crippen LogP contribution is 2.38. The molecule has 162 valence electrons. The maximum Gasteiger partial charge on any atom is 0.356 e. The number of amides is 2. The summed E-state index contributed by atoms with van der Waals surface area (Å²) in [5.74, 6) is -2.36. The first-order valence-corrected chi connectivity index (χ1v) is 10.2. The lowest BCUT2D eigenvalue weighted by Crippen LogP contribution is -2.72. The Hall–Kier alpha value is -3.74. The molecule has 0 spiro atoms. The van der Waals surface area contributed by atoms with Gasteiger partial charge in [0, 0.05) is 11.8 Å². The first-order chi connectivity index (χ1) is 14.8. The SMILES string of the molecule is CON=C(C(=O)N[C@@H]1C(=O)N2C(C(=O)O)=C(n3cc[n+](C)c3)CCC12)c1csc(N)n1. The molecule has 2 aromatic rings. The molecule has 1 saturated heterocycles. The molecule has 0 saturated carbocycles. The van der Waals surface area contributed by atoms with E-state index in [9.17, 15) is 19.5 Å². The zero-order valence-electron chi connectivity index (χ0n) is 16.7. The number of nitrogens with two attached hydrogens (primary N) is 1. The third-order valence-electron chi connectivity index (χ3n) is 5.14. The van der Waals surface area contributed by atoms with Crippen LogP contribution in [0.5, 0.6) is 0 Å². The second-order valence-corrected chi connectivity index (χ2v) is 7.94. The molecule has 0 bridgehead atoms. The van der Waals surface area contributed by atoms with Crippen LogP contribution < -0.4 is 15.6 Å². The molecule has 31 heavy (non-hydrogen) atoms. The first kappa shape index (κ1) is 20.5. The fraction of sp³-hybridized carbons (Fsp3) is 0.333. The number of anilines is 1. The number of fused-ring (bicyclic) bond motifs is 1. The van der Waals surface area contributed by atoms with E-state index in [1.807, 2.05) is 7.05 Å². The number of nitrogen functional groups attached to an aromatic ring is 1. The summed E-state index contributed by atoms with van der Waals surface area (Å²) >= 11 is 1.14. The van der Waals surface area contributed by atoms with Crippen LogP contribution in [0.2, 0.25) is 0 Å². The number of nitrogens with zero attached hydrogens (tertiary/aromatic N) is 5. The van der Waals surface area contributed by atoms with Crippen molar-refractivity contribution in [3.63, 3.8) is 0 Å². The number of imidazole rings is 1. The number of nitrogens with one attached hydrogen (secondary N) is 1. The summed E-state index contributed by atoms with van der Waals surface area (Å²) < 4.78 is 3.47. The first-order valence-electron chi connectivity index (χ1n) is 9.28. The van der Waals surface area contributed by atoms with Crippen molar-refractivity contribution in [2.75, 3.05) is 12.8 Å². The number of β-lactam (4-membered cyclic amide) rings is 1. The lowest BCUT2D eigenvalue weighted by atomic mass is 9.85. The highest BCUT2D eigenvalue weighted by atomic mass is 32.1. The molecule has 4 heterocycles. The third kappa shape index (κ3) is 3.52. The maximum absolute atomic E-state index is 12.8. The molecule has 13 heteroatoms. The van der Waals surface area contributed by atoms with Crippen LogP contribution in [0.4, 0.5) is 5.13 Å². The Labute approximate surface area is 180 Å². The Morgan fingerprint density at radius 1 is 1.48 bits per heavy atom. The molecule has 4 rings (SSSR count). The second kappa shape index (κ2) is 7.83. The van der Waals surface area contributed by atoms with Crippen molar-refractivity contribution in [2.45, 2.75) is 24.9 Å². The van der Waals surface area contributed by atoms with Gasteiger partial charge in [-0.25, -0.2) is 18.9 Å². The van der Waals surface area contributed by atoms with Crippen molar-refractivity contribution in [2.24, 2.45) is 12.2 Å². The molecule has 4 N–H and O–H groups in total. The number of thiazole rings is 1. The summed E-state index contributed by atoms with van der Waals surface area (Å²) in [4.78, 5) is 47.6. The van der Waals surface area contributed by atoms with Gasteiger partial charge in [-0.1, -0.05) is 5.16 Å². The number of oxime groups is 1. The number of rotatable bonds is 6. The number of aliphatic carboxylic acids is 1. The largest absolute Gasteiger partial charge is 0.476 e. The average molecular weight is 446 g/mol. The number of carbonyl (C=O) groups is 3. The molecule has 1 fully saturated rings. The molecule has 2 aliphatic heterocycles. The Morgan fingerprint density at radius 2 is 2.26 bits per heavy atom. The predicted molar refractivity (Wildman–Crippen MR) is 108 cm³/mol. The quantitative estimate of drug-likeness (QED) is 0.226. The molecule has 2 aromatic heterocycles. The van der Waals surface area contributed by atoms with Crippen molar-refractivity contribution in [3.05, 3.63) is 35.5 Å². The number of aryl methyl sites for hydroxylation is 1. The van der Waals surface area contributed by atoms with Gasteiger partial charge in [0.25, 0.3) is 11.8 Å². The Bertz CT molecular complexity index is 1130. The van der Waals surface area contributed by atoms with E-state index < -0.39 is 29.9 Å². The van der Waals surface area contributed by atoms with Gasteiger partial charge in [-0.2, -0.15) is 0 Å². The topological polar surface area (TPSA) is 156 Å². The molecule has 0 aliphatic carbocycles. The molecule has 1 unspecified atom stereocenters. The normalized spacial score (nSPS) is 20.9. The van der Waals surface area contributed by atoms with E-state index in [2.05, 4.69) is 15.5 Å². The molecule has 0 aromatic carbocycles. The lowest BCUT2D eigenvalue weighted by molar-refractivity contribution is -0.670. The fourth-order valence-corrected chi connectivity index (χ4v) is 4.35. The zero-order chi connectivity index (χ0) is 22.3. The van der Waals surface area contributed by atoms with Crippen molar-refractivity contribution < 1.29 is 28.9 Å². The van der Waals surface area contributed by atoms with Crippen molar-refractivity contribution in [3.8, 4) is 0 Å². The van der Waals surface area contributed by atoms with E-state index in [0.717, 1.165) is 11.3 Å². The van der Waals surface area contributed by atoms with Crippen molar-refractivity contribution in [1.82, 2.24) is 19.8 Å². The number of carbonyl (C=O) groups excluding carboxylic acids is 2. The van der Waals surface area contributed by atoms with E-state index in [-0.39, 0.29) is 22.2 Å². The third-order valence-corrected chi connectivity index (χ3v) is 5.82. The molecular formula is C18H20N7O5S+. The van der Waals surface area contributed by atoms with Gasteiger partial charge in [0.2, 0.25) is 6.33 Å². The Balaban J connectivity index is 1.57. The minimum Gasteiger partial charge on any atom is -0.476 e. The van der Waals surface area contributed by atoms with E-state index in [4.69, 9.17) is 10.6 Å². The van der Waals surface area contributed by atoms with Crippen LogP contribution in [0.15, 0.2) is 35.0 Å². The number of carboxylic acid groups (broad SMARTS) is 1. The van der Waals surface area contributed by atoms with Crippen LogP contribution in [-0.2, 0) is 26.3 Å². The average Bonchev–Trinajstić information content (AvgIpc) is 3.36. The molecule has 2 atom stereocenters. The minimum atomic E-state index is -1.20. The van der Waals surface area contributed by atoms with Crippen molar-refractivity contribution >= 4 is 45.7 Å². The molecular weight excluding hydrogens is 426 g/mol. The smallest absolute Gasteiger partial charge is 0.356 e. The molecule has 2 amide bonds. The highest BCUT2D eigenvalue weighted by molar-refractivity contribution is 7.13. The Kier molecular flexibility index (Phi) is 5.19. The van der Waals surface area contributed by atoms with E-state index in [1.165, 1.54) is 12.0 Å². The minimum absolute atomic E-state index is 0.0824. The molecule has 0 radical (unpaired) electrons. The number of carboxylic acids is 1. The predicted octanol–water partition coefficient (Wildman–Crippen LogP) is -0.855. The van der Waals surface area contributed by atoms with Gasteiger partial charge in [-0.05, 0) is 6.42 Å². The summed E-state index contributed by atoms with van der Waals surface area (Å²) in [5.41, 5.74) is 6.16. The summed E-state index contributed by atoms with van der Waals surface area (Å²) in [6.45, 7) is 0. The van der Waals surface area contributed by atoms with Crippen LogP contribution in [0.25, 0.3) is 5.70 Å². The van der Waals surface area contributed by atoms with Gasteiger partial charge in [0.05, 0.1) is 13.1 Å².